The number of para-hydroxylation sites is 6. The Morgan fingerprint density at radius 1 is 0.253 bits per heavy atom. The fourth-order valence-corrected chi connectivity index (χ4v) is 13.3. The molecule has 0 bridgehead atoms. The molecule has 4 nitrogen and oxygen atoms in total. The van der Waals surface area contributed by atoms with Gasteiger partial charge in [-0.05, 0) is 160 Å². The lowest BCUT2D eigenvalue weighted by Gasteiger charge is -2.28. The minimum absolute atomic E-state index is 0.267. The average molecular weight is 1010 g/mol. The molecule has 3 aromatic heterocycles. The Labute approximate surface area is 458 Å². The van der Waals surface area contributed by atoms with Gasteiger partial charge >= 0.3 is 0 Å². The smallest absolute Gasteiger partial charge is 0.0547 e. The van der Waals surface area contributed by atoms with E-state index in [9.17, 15) is 0 Å². The van der Waals surface area contributed by atoms with Gasteiger partial charge in [0.2, 0.25) is 0 Å². The summed E-state index contributed by atoms with van der Waals surface area (Å²) in [4.78, 5) is 2.43. The summed E-state index contributed by atoms with van der Waals surface area (Å²) < 4.78 is 7.20. The summed E-state index contributed by atoms with van der Waals surface area (Å²) in [5, 5.41) is 7.54. The number of fused-ring (bicyclic) bond motifs is 12. The molecular formula is C75H52N4. The third-order valence-corrected chi connectivity index (χ3v) is 17.0. The summed E-state index contributed by atoms with van der Waals surface area (Å²) in [7, 11) is 0. The van der Waals surface area contributed by atoms with Crippen molar-refractivity contribution in [2.45, 2.75) is 19.3 Å². The predicted molar refractivity (Wildman–Crippen MR) is 333 cm³/mol. The molecule has 0 fully saturated rings. The molecule has 0 amide bonds. The molecule has 79 heavy (non-hydrogen) atoms. The van der Waals surface area contributed by atoms with Crippen LogP contribution in [0.25, 0.3) is 116 Å². The van der Waals surface area contributed by atoms with Crippen LogP contribution in [0.3, 0.4) is 0 Å². The maximum Gasteiger partial charge on any atom is 0.0547 e. The molecular weight excluding hydrogens is 957 g/mol. The summed E-state index contributed by atoms with van der Waals surface area (Å²) in [5.74, 6) is 0. The zero-order chi connectivity index (χ0) is 52.3. The lowest BCUT2D eigenvalue weighted by atomic mass is 9.81. The molecule has 16 rings (SSSR count). The number of hydrogen-bond donors (Lipinski definition) is 0. The molecule has 0 aliphatic heterocycles. The van der Waals surface area contributed by atoms with Crippen molar-refractivity contribution >= 4 is 82.5 Å². The van der Waals surface area contributed by atoms with Crippen molar-refractivity contribution in [3.05, 3.63) is 290 Å². The van der Waals surface area contributed by atoms with Gasteiger partial charge in [-0.3, -0.25) is 0 Å². The van der Waals surface area contributed by atoms with E-state index in [1.807, 2.05) is 0 Å². The molecule has 3 heterocycles. The maximum atomic E-state index is 2.45. The minimum atomic E-state index is -0.267. The van der Waals surface area contributed by atoms with Gasteiger partial charge in [-0.1, -0.05) is 178 Å². The quantitative estimate of drug-likeness (QED) is 0.148. The van der Waals surface area contributed by atoms with E-state index in [1.54, 1.807) is 0 Å². The zero-order valence-corrected chi connectivity index (χ0v) is 43.8. The van der Waals surface area contributed by atoms with Crippen LogP contribution in [0.15, 0.2) is 279 Å². The van der Waals surface area contributed by atoms with E-state index in [0.29, 0.717) is 0 Å². The van der Waals surface area contributed by atoms with Crippen LogP contribution in [-0.4, -0.2) is 13.7 Å². The number of nitrogens with zero attached hydrogens (tertiary/aromatic N) is 4. The van der Waals surface area contributed by atoms with Crippen LogP contribution in [0.4, 0.5) is 17.1 Å². The molecule has 1 aliphatic rings. The van der Waals surface area contributed by atoms with E-state index >= 15 is 0 Å². The van der Waals surface area contributed by atoms with E-state index in [4.69, 9.17) is 0 Å². The Morgan fingerprint density at radius 2 is 0.582 bits per heavy atom. The minimum Gasteiger partial charge on any atom is -0.310 e. The Kier molecular flexibility index (Phi) is 9.95. The van der Waals surface area contributed by atoms with Crippen LogP contribution < -0.4 is 4.90 Å². The van der Waals surface area contributed by atoms with E-state index in [2.05, 4.69) is 312 Å². The Bertz CT molecular complexity index is 4850. The molecule has 1 aliphatic carbocycles. The Balaban J connectivity index is 0.801. The van der Waals surface area contributed by atoms with Crippen LogP contribution in [0.1, 0.15) is 25.0 Å². The highest BCUT2D eigenvalue weighted by atomic mass is 15.1. The third kappa shape index (κ3) is 6.94. The highest BCUT2D eigenvalue weighted by Crippen LogP contribution is 2.52. The zero-order valence-electron chi connectivity index (χ0n) is 43.8. The molecule has 0 atom stereocenters. The monoisotopic (exact) mass is 1010 g/mol. The normalized spacial score (nSPS) is 12.8. The number of aromatic nitrogens is 3. The van der Waals surface area contributed by atoms with Gasteiger partial charge in [-0.15, -0.1) is 0 Å². The van der Waals surface area contributed by atoms with Crippen molar-refractivity contribution in [1.29, 1.82) is 0 Å². The van der Waals surface area contributed by atoms with Gasteiger partial charge in [0.1, 0.15) is 0 Å². The van der Waals surface area contributed by atoms with Gasteiger partial charge in [0.25, 0.3) is 0 Å². The highest BCUT2D eigenvalue weighted by molar-refractivity contribution is 6.12. The Hall–Kier alpha value is -10.2. The summed E-state index contributed by atoms with van der Waals surface area (Å²) in [6, 6.07) is 103. The second-order valence-corrected chi connectivity index (χ2v) is 21.7. The van der Waals surface area contributed by atoms with Gasteiger partial charge in [-0.25, -0.2) is 0 Å². The first-order chi connectivity index (χ1) is 38.9. The fraction of sp³-hybridized carbons (Fsp3) is 0.0400. The van der Waals surface area contributed by atoms with Crippen molar-refractivity contribution < 1.29 is 0 Å². The van der Waals surface area contributed by atoms with E-state index in [1.165, 1.54) is 110 Å². The molecule has 0 saturated carbocycles. The molecule has 15 aromatic rings. The fourth-order valence-electron chi connectivity index (χ4n) is 13.3. The van der Waals surface area contributed by atoms with E-state index in [-0.39, 0.29) is 5.41 Å². The van der Waals surface area contributed by atoms with Gasteiger partial charge < -0.3 is 18.6 Å². The van der Waals surface area contributed by atoms with Gasteiger partial charge in [0.15, 0.2) is 0 Å². The van der Waals surface area contributed by atoms with Crippen molar-refractivity contribution in [2.24, 2.45) is 0 Å². The number of benzene rings is 12. The van der Waals surface area contributed by atoms with Crippen molar-refractivity contribution in [3.8, 4) is 50.4 Å². The molecule has 12 aromatic carbocycles. The molecule has 4 heteroatoms. The molecule has 0 N–H and O–H groups in total. The van der Waals surface area contributed by atoms with Crippen molar-refractivity contribution in [1.82, 2.24) is 13.7 Å². The number of rotatable bonds is 8. The lowest BCUT2D eigenvalue weighted by molar-refractivity contribution is 0.660. The van der Waals surface area contributed by atoms with Crippen LogP contribution in [0, 0.1) is 0 Å². The van der Waals surface area contributed by atoms with Gasteiger partial charge in [0.05, 0.1) is 33.1 Å². The summed E-state index contributed by atoms with van der Waals surface area (Å²) in [6.07, 6.45) is 0. The largest absolute Gasteiger partial charge is 0.310 e. The van der Waals surface area contributed by atoms with E-state index < -0.39 is 0 Å². The van der Waals surface area contributed by atoms with Crippen LogP contribution in [0.5, 0.6) is 0 Å². The molecule has 0 spiro atoms. The van der Waals surface area contributed by atoms with Crippen LogP contribution in [0.2, 0.25) is 0 Å². The molecule has 0 saturated heterocycles. The van der Waals surface area contributed by atoms with Gasteiger partial charge in [-0.2, -0.15) is 0 Å². The van der Waals surface area contributed by atoms with Crippen LogP contribution >= 0.6 is 0 Å². The molecule has 372 valence electrons. The summed E-state index contributed by atoms with van der Waals surface area (Å²) >= 11 is 0. The standard InChI is InChI=1S/C75H52N4/c1-75(2)67-45-50(52-33-43-66-64-24-12-16-28-72(64)79(74(66)47-52)54-19-7-4-8-20-54)31-41-59(67)60-44-40-58(48-68(60)75)76(56-36-38-57(39-37-56)77-69-25-13-9-21-61(69)62-22-10-14-26-70(62)77)55-34-29-49(30-35-55)51-32-42-65-63-23-11-15-27-71(63)78(73(65)46-51)53-17-5-3-6-18-53/h3-48H,1-2H3. The molecule has 0 radical (unpaired) electrons. The maximum absolute atomic E-state index is 2.45. The van der Waals surface area contributed by atoms with E-state index in [0.717, 1.165) is 34.1 Å². The topological polar surface area (TPSA) is 18.0 Å². The number of anilines is 3. The van der Waals surface area contributed by atoms with Crippen molar-refractivity contribution in [2.75, 3.05) is 4.90 Å². The Morgan fingerprint density at radius 3 is 1.08 bits per heavy atom. The second-order valence-electron chi connectivity index (χ2n) is 21.7. The first-order valence-corrected chi connectivity index (χ1v) is 27.4. The van der Waals surface area contributed by atoms with Crippen LogP contribution in [-0.2, 0) is 5.41 Å². The molecule has 0 unspecified atom stereocenters. The first-order valence-electron chi connectivity index (χ1n) is 27.4. The van der Waals surface area contributed by atoms with Crippen molar-refractivity contribution in [3.63, 3.8) is 0 Å². The summed E-state index contributed by atoms with van der Waals surface area (Å²) in [5.41, 5.74) is 23.7. The predicted octanol–water partition coefficient (Wildman–Crippen LogP) is 20.1. The second kappa shape index (κ2) is 17.4. The average Bonchev–Trinajstić information content (AvgIpc) is 4.30. The third-order valence-electron chi connectivity index (χ3n) is 17.0. The first kappa shape index (κ1) is 45.1. The SMILES string of the molecule is CC1(C)c2cc(-c3ccc4c5ccccc5n(-c5ccccc5)c4c3)ccc2-c2ccc(N(c3ccc(-c4ccc5c6ccccc6n(-c6ccccc6)c5c4)cc3)c3ccc(-n4c5ccccc5c5ccccc54)cc3)cc21. The lowest BCUT2D eigenvalue weighted by Crippen LogP contribution is -2.16. The highest BCUT2D eigenvalue weighted by Gasteiger charge is 2.36. The van der Waals surface area contributed by atoms with Gasteiger partial charge in [0, 0.05) is 71.9 Å². The number of hydrogen-bond acceptors (Lipinski definition) is 1. The summed E-state index contributed by atoms with van der Waals surface area (Å²) in [6.45, 7) is 4.80.